The van der Waals surface area contributed by atoms with Crippen LogP contribution in [0.5, 0.6) is 0 Å². The fraction of sp³-hybridized carbons (Fsp3) is 0.600. The van der Waals surface area contributed by atoms with Gasteiger partial charge in [0, 0.05) is 32.7 Å². The van der Waals surface area contributed by atoms with E-state index in [2.05, 4.69) is 0 Å². The number of hydrogen-bond acceptors (Lipinski definition) is 4. The van der Waals surface area contributed by atoms with Crippen LogP contribution in [0.4, 0.5) is 0 Å². The zero-order valence-corrected chi connectivity index (χ0v) is 10.1. The first kappa shape index (κ1) is 18.9. The molecule has 0 fully saturated rings. The number of rotatable bonds is 3. The van der Waals surface area contributed by atoms with E-state index in [0.717, 1.165) is 0 Å². The summed E-state index contributed by atoms with van der Waals surface area (Å²) in [6.07, 6.45) is -0.310. The smallest absolute Gasteiger partial charge is 0.306 e. The average molecular weight is 284 g/mol. The number of carboxylic acids is 2. The molecule has 0 saturated carbocycles. The molecule has 9 heteroatoms. The number of carboxylic acid groups (broad SMARTS) is 2. The molecule has 1 atom stereocenters. The molecule has 0 rings (SSSR count). The second kappa shape index (κ2) is 10.3. The zero-order chi connectivity index (χ0) is 11.0. The topological polar surface area (TPSA) is 138 Å². The summed E-state index contributed by atoms with van der Waals surface area (Å²) in [5.41, 5.74) is 0. The molecule has 0 aromatic carbocycles. The van der Waals surface area contributed by atoms with Crippen molar-refractivity contribution in [2.75, 3.05) is 0 Å². The maximum atomic E-state index is 9.97. The summed E-state index contributed by atoms with van der Waals surface area (Å²) in [6, 6.07) is 0. The zero-order valence-electron chi connectivity index (χ0n) is 7.28. The molecule has 1 radical (unpaired) electrons. The van der Waals surface area contributed by atoms with Crippen molar-refractivity contribution in [3.05, 3.63) is 10.1 Å². The minimum absolute atomic E-state index is 0. The fourth-order valence-electron chi connectivity index (χ4n) is 0.349. The van der Waals surface area contributed by atoms with Crippen LogP contribution in [0, 0.1) is 16.0 Å². The first-order valence-corrected chi connectivity index (χ1v) is 3.05. The summed E-state index contributed by atoms with van der Waals surface area (Å²) in [4.78, 5) is 28.2. The van der Waals surface area contributed by atoms with E-state index in [0.29, 0.717) is 0 Å². The summed E-state index contributed by atoms with van der Waals surface area (Å²) >= 11 is 0. The van der Waals surface area contributed by atoms with E-state index in [1.807, 2.05) is 0 Å². The van der Waals surface area contributed by atoms with Crippen LogP contribution in [-0.2, 0) is 42.3 Å². The average Bonchev–Trinajstić information content (AvgIpc) is 1.83. The van der Waals surface area contributed by atoms with Crippen LogP contribution in [-0.4, -0.2) is 32.4 Å². The van der Waals surface area contributed by atoms with Crippen molar-refractivity contribution in [2.24, 2.45) is 5.92 Å². The Morgan fingerprint density at radius 3 is 1.79 bits per heavy atom. The Labute approximate surface area is 104 Å². The van der Waals surface area contributed by atoms with Gasteiger partial charge >= 0.3 is 11.9 Å². The van der Waals surface area contributed by atoms with Crippen LogP contribution >= 0.6 is 0 Å². The Kier molecular flexibility index (Phi) is 14.0. The van der Waals surface area contributed by atoms with Crippen LogP contribution in [0.1, 0.15) is 13.3 Å². The Morgan fingerprint density at radius 2 is 1.71 bits per heavy atom. The van der Waals surface area contributed by atoms with E-state index in [4.69, 9.17) is 25.5 Å². The van der Waals surface area contributed by atoms with Gasteiger partial charge in [-0.15, -0.1) is 10.1 Å². The molecular weight excluding hydrogens is 275 g/mol. The van der Waals surface area contributed by atoms with Gasteiger partial charge in [0.25, 0.3) is 5.09 Å². The molecule has 0 aliphatic heterocycles. The molecule has 0 bridgehead atoms. The molecule has 1 unspecified atom stereocenters. The third-order valence-electron chi connectivity index (χ3n) is 0.902. The van der Waals surface area contributed by atoms with Gasteiger partial charge in [-0.2, -0.15) is 0 Å². The molecule has 0 spiro atoms. The Balaban J connectivity index is -0.000000209. The van der Waals surface area contributed by atoms with E-state index in [9.17, 15) is 9.59 Å². The van der Waals surface area contributed by atoms with Gasteiger partial charge in [-0.05, 0) is 0 Å². The molecular formula is C5H9NO7Y. The Hall–Kier alpha value is -0.756. The second-order valence-electron chi connectivity index (χ2n) is 2.07. The summed E-state index contributed by atoms with van der Waals surface area (Å²) in [7, 11) is 0. The van der Waals surface area contributed by atoms with Gasteiger partial charge in [-0.1, -0.05) is 6.92 Å². The molecule has 3 N–H and O–H groups in total. The fourth-order valence-corrected chi connectivity index (χ4v) is 0.349. The molecule has 0 saturated heterocycles. The van der Waals surface area contributed by atoms with Gasteiger partial charge in [0.2, 0.25) is 0 Å². The monoisotopic (exact) mass is 284 g/mol. The van der Waals surface area contributed by atoms with Crippen molar-refractivity contribution in [1.29, 1.82) is 0 Å². The molecule has 14 heavy (non-hydrogen) atoms. The van der Waals surface area contributed by atoms with Gasteiger partial charge in [0.05, 0.1) is 12.3 Å². The van der Waals surface area contributed by atoms with E-state index >= 15 is 0 Å². The molecule has 0 aromatic heterocycles. The standard InChI is InChI=1S/C5H8O4.HNO3.Y/c1-3(5(8)9)2-4(6)7;2-1(3)4;/h3H,2H2,1H3,(H,6,7)(H,8,9);(H,2,3,4);. The number of nitrogens with zero attached hydrogens (tertiary/aromatic N) is 1. The number of aliphatic carboxylic acids is 2. The predicted octanol–water partition coefficient (Wildman–Crippen LogP) is -0.168. The molecule has 0 aliphatic rings. The predicted molar refractivity (Wildman–Crippen MR) is 37.8 cm³/mol. The summed E-state index contributed by atoms with van der Waals surface area (Å²) in [6.45, 7) is 1.36. The summed E-state index contributed by atoms with van der Waals surface area (Å²) in [5, 5.41) is 29.9. The molecule has 79 valence electrons. The molecule has 0 aliphatic carbocycles. The van der Waals surface area contributed by atoms with Gasteiger partial charge in [-0.3, -0.25) is 9.59 Å². The van der Waals surface area contributed by atoms with Crippen molar-refractivity contribution >= 4 is 11.9 Å². The van der Waals surface area contributed by atoms with Crippen molar-refractivity contribution < 1.29 is 62.8 Å². The van der Waals surface area contributed by atoms with Crippen molar-refractivity contribution in [3.8, 4) is 0 Å². The SMILES string of the molecule is CC(CC(=O)O)C(=O)O.O=[N+]([O-])O.[Y]. The third kappa shape index (κ3) is 22.5. The minimum atomic E-state index is -1.50. The number of hydrogen-bond donors (Lipinski definition) is 3. The first-order chi connectivity index (χ1) is 5.77. The second-order valence-corrected chi connectivity index (χ2v) is 2.07. The van der Waals surface area contributed by atoms with Crippen LogP contribution in [0.2, 0.25) is 0 Å². The first-order valence-electron chi connectivity index (χ1n) is 3.05. The summed E-state index contributed by atoms with van der Waals surface area (Å²) < 4.78 is 0. The summed E-state index contributed by atoms with van der Waals surface area (Å²) in [5.74, 6) is -2.94. The Bertz CT molecular complexity index is 202. The van der Waals surface area contributed by atoms with E-state index in [-0.39, 0.29) is 39.1 Å². The quantitative estimate of drug-likeness (QED) is 0.483. The molecule has 0 aromatic rings. The third-order valence-corrected chi connectivity index (χ3v) is 0.902. The molecule has 0 heterocycles. The largest absolute Gasteiger partial charge is 0.481 e. The van der Waals surface area contributed by atoms with E-state index < -0.39 is 22.9 Å². The van der Waals surface area contributed by atoms with Gasteiger partial charge in [-0.25, -0.2) is 0 Å². The van der Waals surface area contributed by atoms with Gasteiger partial charge in [0.15, 0.2) is 0 Å². The van der Waals surface area contributed by atoms with Gasteiger partial charge < -0.3 is 15.4 Å². The van der Waals surface area contributed by atoms with Crippen LogP contribution in [0.3, 0.4) is 0 Å². The van der Waals surface area contributed by atoms with Crippen molar-refractivity contribution in [1.82, 2.24) is 0 Å². The minimum Gasteiger partial charge on any atom is -0.481 e. The molecule has 8 nitrogen and oxygen atoms in total. The maximum Gasteiger partial charge on any atom is 0.306 e. The van der Waals surface area contributed by atoms with Crippen LogP contribution in [0.15, 0.2) is 0 Å². The maximum absolute atomic E-state index is 9.97. The Morgan fingerprint density at radius 1 is 1.43 bits per heavy atom. The van der Waals surface area contributed by atoms with Crippen molar-refractivity contribution in [2.45, 2.75) is 13.3 Å². The van der Waals surface area contributed by atoms with Crippen LogP contribution < -0.4 is 0 Å². The van der Waals surface area contributed by atoms with Crippen LogP contribution in [0.25, 0.3) is 0 Å². The normalized spacial score (nSPS) is 9.79. The van der Waals surface area contributed by atoms with E-state index in [1.165, 1.54) is 6.92 Å². The van der Waals surface area contributed by atoms with Crippen molar-refractivity contribution in [3.63, 3.8) is 0 Å². The molecule has 0 amide bonds. The van der Waals surface area contributed by atoms with E-state index in [1.54, 1.807) is 0 Å². The van der Waals surface area contributed by atoms with Gasteiger partial charge in [0.1, 0.15) is 0 Å². The number of carbonyl (C=O) groups is 2.